The smallest absolute Gasteiger partial charge is 0.341 e. The number of aliphatic hydroxyl groups excluding tert-OH is 1. The maximum absolute atomic E-state index is 13.7. The van der Waals surface area contributed by atoms with Crippen LogP contribution in [0.5, 0.6) is 0 Å². The molecular weight excluding hydrogens is 268 g/mol. The molecule has 2 rings (SSSR count). The molecule has 0 radical (unpaired) electrons. The fourth-order valence-electron chi connectivity index (χ4n) is 1.59. The van der Waals surface area contributed by atoms with Crippen LogP contribution in [0.2, 0.25) is 0 Å². The number of carboxylic acids is 1. The van der Waals surface area contributed by atoms with Crippen molar-refractivity contribution in [1.29, 1.82) is 0 Å². The first kappa shape index (κ1) is 14.2. The number of hydrogen-bond donors (Lipinski definition) is 2. The molecule has 6 heteroatoms. The van der Waals surface area contributed by atoms with Crippen LogP contribution in [-0.2, 0) is 4.79 Å². The van der Waals surface area contributed by atoms with Crippen molar-refractivity contribution in [2.45, 2.75) is 25.8 Å². The molecule has 1 saturated carbocycles. The summed E-state index contributed by atoms with van der Waals surface area (Å²) in [4.78, 5) is 15.0. The molecule has 0 saturated heterocycles. The molecule has 0 spiro atoms. The number of aliphatic carboxylic acids is 1. The van der Waals surface area contributed by atoms with Crippen molar-refractivity contribution in [3.8, 4) is 0 Å². The van der Waals surface area contributed by atoms with E-state index in [9.17, 15) is 18.7 Å². The maximum atomic E-state index is 13.7. The summed E-state index contributed by atoms with van der Waals surface area (Å²) in [6.45, 7) is 1.37. The van der Waals surface area contributed by atoms with Gasteiger partial charge in [-0.05, 0) is 37.5 Å². The largest absolute Gasteiger partial charge is 0.506 e. The van der Waals surface area contributed by atoms with Gasteiger partial charge in [0.2, 0.25) is 0 Å². The van der Waals surface area contributed by atoms with Gasteiger partial charge in [0, 0.05) is 6.21 Å². The normalized spacial score (nSPS) is 16.4. The van der Waals surface area contributed by atoms with Crippen molar-refractivity contribution in [1.82, 2.24) is 0 Å². The van der Waals surface area contributed by atoms with Gasteiger partial charge in [0.1, 0.15) is 23.0 Å². The number of rotatable bonds is 4. The van der Waals surface area contributed by atoms with Crippen molar-refractivity contribution in [3.05, 3.63) is 40.5 Å². The number of aliphatic hydroxyl groups is 1. The molecule has 0 aliphatic heterocycles. The van der Waals surface area contributed by atoms with E-state index in [1.54, 1.807) is 0 Å². The fourth-order valence-corrected chi connectivity index (χ4v) is 1.59. The van der Waals surface area contributed by atoms with Crippen LogP contribution in [0.15, 0.2) is 22.7 Å². The van der Waals surface area contributed by atoms with E-state index in [1.807, 2.05) is 0 Å². The van der Waals surface area contributed by atoms with Gasteiger partial charge in [0.25, 0.3) is 0 Å². The molecular formula is C14H13F2NO3. The summed E-state index contributed by atoms with van der Waals surface area (Å²) in [5, 5.41) is 18.9. The average molecular weight is 281 g/mol. The van der Waals surface area contributed by atoms with Crippen LogP contribution >= 0.6 is 0 Å². The quantitative estimate of drug-likeness (QED) is 0.506. The van der Waals surface area contributed by atoms with Crippen molar-refractivity contribution < 1.29 is 23.8 Å². The second-order valence-electron chi connectivity index (χ2n) is 4.66. The van der Waals surface area contributed by atoms with Crippen molar-refractivity contribution in [2.24, 2.45) is 4.99 Å². The monoisotopic (exact) mass is 281 g/mol. The Hall–Kier alpha value is -2.24. The van der Waals surface area contributed by atoms with Gasteiger partial charge in [-0.2, -0.15) is 0 Å². The van der Waals surface area contributed by atoms with E-state index in [2.05, 4.69) is 4.99 Å². The summed E-state index contributed by atoms with van der Waals surface area (Å²) in [7, 11) is 0. The Morgan fingerprint density at radius 3 is 2.50 bits per heavy atom. The van der Waals surface area contributed by atoms with Crippen molar-refractivity contribution in [3.63, 3.8) is 0 Å². The molecule has 1 aliphatic rings. The Morgan fingerprint density at radius 2 is 1.95 bits per heavy atom. The molecule has 1 fully saturated rings. The highest BCUT2D eigenvalue weighted by Crippen LogP contribution is 2.25. The third-order valence-corrected chi connectivity index (χ3v) is 2.95. The lowest BCUT2D eigenvalue weighted by Gasteiger charge is -2.07. The highest BCUT2D eigenvalue weighted by atomic mass is 19.1. The lowest BCUT2D eigenvalue weighted by molar-refractivity contribution is -0.132. The molecule has 0 amide bonds. The molecule has 0 aromatic heterocycles. The van der Waals surface area contributed by atoms with Gasteiger partial charge in [-0.1, -0.05) is 0 Å². The minimum Gasteiger partial charge on any atom is -0.506 e. The Bertz CT molecular complexity index is 619. The number of hydrogen-bond acceptors (Lipinski definition) is 3. The SMILES string of the molecule is Cc1cc(F)c(C(O)=C(C=NC2CC2)C(=O)O)cc1F. The number of carbonyl (C=O) groups is 1. The minimum atomic E-state index is -1.45. The van der Waals surface area contributed by atoms with E-state index in [-0.39, 0.29) is 11.6 Å². The lowest BCUT2D eigenvalue weighted by Crippen LogP contribution is -2.07. The molecule has 0 unspecified atom stereocenters. The number of aliphatic imine (C=N–C) groups is 1. The Labute approximate surface area is 114 Å². The number of aryl methyl sites for hydroxylation is 1. The zero-order valence-corrected chi connectivity index (χ0v) is 10.7. The van der Waals surface area contributed by atoms with Gasteiger partial charge < -0.3 is 10.2 Å². The summed E-state index contributed by atoms with van der Waals surface area (Å²) in [5.74, 6) is -3.90. The van der Waals surface area contributed by atoms with Crippen LogP contribution in [0.4, 0.5) is 8.78 Å². The van der Waals surface area contributed by atoms with Gasteiger partial charge in [-0.3, -0.25) is 4.99 Å². The molecule has 20 heavy (non-hydrogen) atoms. The number of benzene rings is 1. The first-order chi connectivity index (χ1) is 9.40. The van der Waals surface area contributed by atoms with Crippen molar-refractivity contribution in [2.75, 3.05) is 0 Å². The Morgan fingerprint density at radius 1 is 1.30 bits per heavy atom. The average Bonchev–Trinajstić information content (AvgIpc) is 3.17. The summed E-state index contributed by atoms with van der Waals surface area (Å²) in [6.07, 6.45) is 2.71. The second kappa shape index (κ2) is 5.40. The minimum absolute atomic E-state index is 0.0525. The highest BCUT2D eigenvalue weighted by Gasteiger charge is 2.22. The fraction of sp³-hybridized carbons (Fsp3) is 0.286. The summed E-state index contributed by atoms with van der Waals surface area (Å²) < 4.78 is 27.1. The van der Waals surface area contributed by atoms with Crippen LogP contribution in [0, 0.1) is 18.6 Å². The molecule has 106 valence electrons. The highest BCUT2D eigenvalue weighted by molar-refractivity contribution is 6.14. The first-order valence-corrected chi connectivity index (χ1v) is 6.06. The predicted octanol–water partition coefficient (Wildman–Crippen LogP) is 2.86. The van der Waals surface area contributed by atoms with Crippen molar-refractivity contribution >= 4 is 17.9 Å². The van der Waals surface area contributed by atoms with E-state index in [0.717, 1.165) is 31.2 Å². The number of carboxylic acid groups (broad SMARTS) is 1. The molecule has 4 nitrogen and oxygen atoms in total. The maximum Gasteiger partial charge on any atom is 0.341 e. The molecule has 0 bridgehead atoms. The van der Waals surface area contributed by atoms with Crippen LogP contribution in [0.1, 0.15) is 24.0 Å². The Kier molecular flexibility index (Phi) is 3.83. The standard InChI is InChI=1S/C14H13F2NO3/c1-7-4-12(16)9(5-11(7)15)13(18)10(14(19)20)6-17-8-2-3-8/h4-6,8,18H,2-3H2,1H3,(H,19,20). The zero-order valence-electron chi connectivity index (χ0n) is 10.7. The van der Waals surface area contributed by atoms with Gasteiger partial charge in [-0.25, -0.2) is 13.6 Å². The van der Waals surface area contributed by atoms with Crippen LogP contribution in [-0.4, -0.2) is 28.4 Å². The zero-order chi connectivity index (χ0) is 14.9. The molecule has 0 atom stereocenters. The van der Waals surface area contributed by atoms with E-state index in [0.29, 0.717) is 0 Å². The van der Waals surface area contributed by atoms with Gasteiger partial charge in [-0.15, -0.1) is 0 Å². The summed E-state index contributed by atoms with van der Waals surface area (Å²) in [5.41, 5.74) is -0.977. The van der Waals surface area contributed by atoms with E-state index >= 15 is 0 Å². The number of nitrogens with zero attached hydrogens (tertiary/aromatic N) is 1. The second-order valence-corrected chi connectivity index (χ2v) is 4.66. The first-order valence-electron chi connectivity index (χ1n) is 6.06. The van der Waals surface area contributed by atoms with Gasteiger partial charge in [0.05, 0.1) is 11.6 Å². The predicted molar refractivity (Wildman–Crippen MR) is 69.8 cm³/mol. The molecule has 1 aliphatic carbocycles. The van der Waals surface area contributed by atoms with Crippen LogP contribution < -0.4 is 0 Å². The molecule has 1 aromatic rings. The van der Waals surface area contributed by atoms with Crippen LogP contribution in [0.3, 0.4) is 0 Å². The third kappa shape index (κ3) is 3.01. The lowest BCUT2D eigenvalue weighted by atomic mass is 10.1. The number of halogens is 2. The molecule has 2 N–H and O–H groups in total. The molecule has 0 heterocycles. The van der Waals surface area contributed by atoms with E-state index in [4.69, 9.17) is 5.11 Å². The topological polar surface area (TPSA) is 69.9 Å². The summed E-state index contributed by atoms with van der Waals surface area (Å²) >= 11 is 0. The Balaban J connectivity index is 2.48. The van der Waals surface area contributed by atoms with E-state index < -0.39 is 34.5 Å². The van der Waals surface area contributed by atoms with Crippen LogP contribution in [0.25, 0.3) is 5.76 Å². The van der Waals surface area contributed by atoms with E-state index in [1.165, 1.54) is 6.92 Å². The van der Waals surface area contributed by atoms with Gasteiger partial charge in [0.15, 0.2) is 0 Å². The molecule has 1 aromatic carbocycles. The summed E-state index contributed by atoms with van der Waals surface area (Å²) in [6, 6.07) is 1.73. The third-order valence-electron chi connectivity index (χ3n) is 2.95. The van der Waals surface area contributed by atoms with Gasteiger partial charge >= 0.3 is 5.97 Å².